The van der Waals surface area contributed by atoms with Crippen LogP contribution in [0.5, 0.6) is 0 Å². The number of rotatable bonds is 3. The van der Waals surface area contributed by atoms with E-state index < -0.39 is 12.7 Å². The minimum absolute atomic E-state index is 0.243. The zero-order chi connectivity index (χ0) is 14.8. The molecule has 0 aliphatic carbocycles. The molecule has 2 nitrogen and oxygen atoms in total. The van der Waals surface area contributed by atoms with Crippen LogP contribution in [-0.2, 0) is 0 Å². The van der Waals surface area contributed by atoms with Gasteiger partial charge in [-0.15, -0.1) is 0 Å². The molecule has 0 atom stereocenters. The van der Waals surface area contributed by atoms with Gasteiger partial charge < -0.3 is 5.32 Å². The van der Waals surface area contributed by atoms with E-state index in [0.717, 1.165) is 28.6 Å². The van der Waals surface area contributed by atoms with Gasteiger partial charge in [0.05, 0.1) is 6.54 Å². The van der Waals surface area contributed by atoms with Gasteiger partial charge in [0, 0.05) is 29.3 Å². The Labute approximate surface area is 125 Å². The smallest absolute Gasteiger partial charge is 0.382 e. The van der Waals surface area contributed by atoms with Crippen LogP contribution in [0.15, 0.2) is 22.7 Å². The van der Waals surface area contributed by atoms with Gasteiger partial charge in [0.15, 0.2) is 0 Å². The molecule has 6 heteroatoms. The van der Waals surface area contributed by atoms with Crippen molar-refractivity contribution in [2.24, 2.45) is 0 Å². The van der Waals surface area contributed by atoms with Crippen LogP contribution in [0.2, 0.25) is 0 Å². The van der Waals surface area contributed by atoms with Crippen LogP contribution in [-0.4, -0.2) is 36.8 Å². The van der Waals surface area contributed by atoms with Crippen molar-refractivity contribution >= 4 is 21.6 Å². The minimum Gasteiger partial charge on any atom is -0.382 e. The molecular formula is C14H18BrF3N2. The first-order valence-corrected chi connectivity index (χ1v) is 7.44. The van der Waals surface area contributed by atoms with E-state index in [0.29, 0.717) is 13.1 Å². The van der Waals surface area contributed by atoms with Gasteiger partial charge in [-0.1, -0.05) is 22.0 Å². The second-order valence-electron chi connectivity index (χ2n) is 5.27. The summed E-state index contributed by atoms with van der Waals surface area (Å²) in [7, 11) is 0. The van der Waals surface area contributed by atoms with Crippen molar-refractivity contribution in [2.45, 2.75) is 32.0 Å². The maximum Gasteiger partial charge on any atom is 0.401 e. The molecule has 20 heavy (non-hydrogen) atoms. The number of anilines is 1. The summed E-state index contributed by atoms with van der Waals surface area (Å²) in [6.07, 6.45) is -2.62. The third-order valence-corrected chi connectivity index (χ3v) is 4.04. The van der Waals surface area contributed by atoms with Crippen LogP contribution < -0.4 is 5.32 Å². The molecule has 2 rings (SSSR count). The Morgan fingerprint density at radius 3 is 2.55 bits per heavy atom. The van der Waals surface area contributed by atoms with E-state index in [2.05, 4.69) is 21.2 Å². The summed E-state index contributed by atoms with van der Waals surface area (Å²) in [5, 5.41) is 3.44. The average molecular weight is 351 g/mol. The highest BCUT2D eigenvalue weighted by molar-refractivity contribution is 9.10. The molecule has 1 aromatic rings. The zero-order valence-corrected chi connectivity index (χ0v) is 12.9. The third kappa shape index (κ3) is 4.66. The van der Waals surface area contributed by atoms with Gasteiger partial charge in [0.1, 0.15) is 0 Å². The Kier molecular flexibility index (Phi) is 4.96. The van der Waals surface area contributed by atoms with E-state index >= 15 is 0 Å². The highest BCUT2D eigenvalue weighted by atomic mass is 79.9. The molecule has 112 valence electrons. The van der Waals surface area contributed by atoms with Gasteiger partial charge >= 0.3 is 6.18 Å². The monoisotopic (exact) mass is 350 g/mol. The lowest BCUT2D eigenvalue weighted by Crippen LogP contribution is -2.43. The number of nitrogens with zero attached hydrogens (tertiary/aromatic N) is 1. The largest absolute Gasteiger partial charge is 0.401 e. The number of alkyl halides is 3. The first-order chi connectivity index (χ1) is 9.33. The number of aryl methyl sites for hydroxylation is 1. The van der Waals surface area contributed by atoms with Gasteiger partial charge in [0.2, 0.25) is 0 Å². The van der Waals surface area contributed by atoms with Crippen molar-refractivity contribution in [1.29, 1.82) is 0 Å². The number of halogens is 4. The molecule has 1 aliphatic heterocycles. The Morgan fingerprint density at radius 1 is 1.30 bits per heavy atom. The molecule has 1 heterocycles. The number of likely N-dealkylation sites (tertiary alicyclic amines) is 1. The number of piperidine rings is 1. The SMILES string of the molecule is Cc1ccc(Br)cc1NC1CCN(CC(F)(F)F)CC1. The second-order valence-corrected chi connectivity index (χ2v) is 6.18. The molecule has 0 bridgehead atoms. The Bertz CT molecular complexity index is 454. The molecular weight excluding hydrogens is 333 g/mol. The second kappa shape index (κ2) is 6.35. The summed E-state index contributed by atoms with van der Waals surface area (Å²) in [6.45, 7) is 2.21. The van der Waals surface area contributed by atoms with Crippen molar-refractivity contribution < 1.29 is 13.2 Å². The third-order valence-electron chi connectivity index (χ3n) is 3.55. The molecule has 1 aromatic carbocycles. The van der Waals surface area contributed by atoms with Gasteiger partial charge in [-0.3, -0.25) is 4.90 Å². The maximum absolute atomic E-state index is 12.3. The first kappa shape index (κ1) is 15.6. The maximum atomic E-state index is 12.3. The summed E-state index contributed by atoms with van der Waals surface area (Å²) in [4.78, 5) is 1.48. The molecule has 1 N–H and O–H groups in total. The molecule has 0 amide bonds. The Morgan fingerprint density at radius 2 is 1.95 bits per heavy atom. The van der Waals surface area contributed by atoms with Crippen LogP contribution in [0.4, 0.5) is 18.9 Å². The predicted octanol–water partition coefficient (Wildman–Crippen LogP) is 4.20. The fourth-order valence-corrected chi connectivity index (χ4v) is 2.82. The molecule has 1 fully saturated rings. The number of benzene rings is 1. The number of hydrogen-bond acceptors (Lipinski definition) is 2. The van der Waals surface area contributed by atoms with E-state index in [1.165, 1.54) is 4.90 Å². The van der Waals surface area contributed by atoms with Crippen LogP contribution >= 0.6 is 15.9 Å². The van der Waals surface area contributed by atoms with E-state index in [-0.39, 0.29) is 6.04 Å². The molecule has 0 spiro atoms. The van der Waals surface area contributed by atoms with Crippen LogP contribution in [0.25, 0.3) is 0 Å². The van der Waals surface area contributed by atoms with Crippen molar-refractivity contribution in [3.05, 3.63) is 28.2 Å². The summed E-state index contributed by atoms with van der Waals surface area (Å²) < 4.78 is 38.0. The standard InChI is InChI=1S/C14H18BrF3N2/c1-10-2-3-11(15)8-13(10)19-12-4-6-20(7-5-12)9-14(16,17)18/h2-3,8,12,19H,4-7,9H2,1H3. The lowest BCUT2D eigenvalue weighted by Gasteiger charge is -2.33. The highest BCUT2D eigenvalue weighted by Gasteiger charge is 2.32. The zero-order valence-electron chi connectivity index (χ0n) is 11.3. The van der Waals surface area contributed by atoms with Gasteiger partial charge in [-0.05, 0) is 37.5 Å². The Hall–Kier alpha value is -0.750. The highest BCUT2D eigenvalue weighted by Crippen LogP contribution is 2.25. The molecule has 0 aromatic heterocycles. The number of nitrogens with one attached hydrogen (secondary N) is 1. The Balaban J connectivity index is 1.87. The van der Waals surface area contributed by atoms with Crippen LogP contribution in [0.1, 0.15) is 18.4 Å². The lowest BCUT2D eigenvalue weighted by atomic mass is 10.0. The quantitative estimate of drug-likeness (QED) is 0.878. The van der Waals surface area contributed by atoms with Crippen LogP contribution in [0.3, 0.4) is 0 Å². The van der Waals surface area contributed by atoms with E-state index in [1.807, 2.05) is 25.1 Å². The average Bonchev–Trinajstić information content (AvgIpc) is 2.34. The summed E-state index contributed by atoms with van der Waals surface area (Å²) in [6, 6.07) is 6.25. The topological polar surface area (TPSA) is 15.3 Å². The van der Waals surface area contributed by atoms with E-state index in [1.54, 1.807) is 0 Å². The van der Waals surface area contributed by atoms with Crippen molar-refractivity contribution in [3.63, 3.8) is 0 Å². The summed E-state index contributed by atoms with van der Waals surface area (Å²) in [5.41, 5.74) is 2.19. The molecule has 0 unspecified atom stereocenters. The van der Waals surface area contributed by atoms with Gasteiger partial charge in [-0.25, -0.2) is 0 Å². The van der Waals surface area contributed by atoms with Crippen molar-refractivity contribution in [3.8, 4) is 0 Å². The molecule has 0 radical (unpaired) electrons. The number of hydrogen-bond donors (Lipinski definition) is 1. The predicted molar refractivity (Wildman–Crippen MR) is 78.0 cm³/mol. The van der Waals surface area contributed by atoms with Gasteiger partial charge in [0.25, 0.3) is 0 Å². The molecule has 0 saturated carbocycles. The summed E-state index contributed by atoms with van der Waals surface area (Å²) >= 11 is 3.43. The minimum atomic E-state index is -4.10. The van der Waals surface area contributed by atoms with Gasteiger partial charge in [-0.2, -0.15) is 13.2 Å². The van der Waals surface area contributed by atoms with Crippen molar-refractivity contribution in [2.75, 3.05) is 25.0 Å². The molecule has 1 aliphatic rings. The fraction of sp³-hybridized carbons (Fsp3) is 0.571. The molecule has 1 saturated heterocycles. The first-order valence-electron chi connectivity index (χ1n) is 6.65. The van der Waals surface area contributed by atoms with Crippen molar-refractivity contribution in [1.82, 2.24) is 4.90 Å². The summed E-state index contributed by atoms with van der Waals surface area (Å²) in [5.74, 6) is 0. The fourth-order valence-electron chi connectivity index (χ4n) is 2.46. The lowest BCUT2D eigenvalue weighted by molar-refractivity contribution is -0.147. The van der Waals surface area contributed by atoms with E-state index in [4.69, 9.17) is 0 Å². The van der Waals surface area contributed by atoms with E-state index in [9.17, 15) is 13.2 Å². The normalized spacial score (nSPS) is 18.2. The van der Waals surface area contributed by atoms with Crippen LogP contribution in [0, 0.1) is 6.92 Å².